The number of nitrogens with zero attached hydrogens (tertiary/aromatic N) is 2. The lowest BCUT2D eigenvalue weighted by Crippen LogP contribution is -2.18. The second-order valence-electron chi connectivity index (χ2n) is 7.54. The molecule has 0 aliphatic carbocycles. The third-order valence-electron chi connectivity index (χ3n) is 5.22. The van der Waals surface area contributed by atoms with Crippen LogP contribution in [0.25, 0.3) is 22.2 Å². The van der Waals surface area contributed by atoms with E-state index < -0.39 is 11.9 Å². The molecule has 1 amide bonds. The average Bonchev–Trinajstić information content (AvgIpc) is 2.91. The molecule has 3 aromatic carbocycles. The number of pyridine rings is 1. The Hall–Kier alpha value is -4.43. The summed E-state index contributed by atoms with van der Waals surface area (Å²) in [5.41, 5.74) is 5.84. The van der Waals surface area contributed by atoms with E-state index in [1.807, 2.05) is 54.6 Å². The van der Waals surface area contributed by atoms with Crippen molar-refractivity contribution in [1.29, 1.82) is 0 Å². The molecular weight excluding hydrogens is 482 g/mol. The number of hydrogen-bond donors (Lipinski definition) is 1. The van der Waals surface area contributed by atoms with Crippen LogP contribution in [-0.4, -0.2) is 43.9 Å². The highest BCUT2D eigenvalue weighted by Crippen LogP contribution is 2.36. The number of para-hydroxylation sites is 1. The van der Waals surface area contributed by atoms with E-state index in [0.29, 0.717) is 33.5 Å². The predicted octanol–water partition coefficient (Wildman–Crippen LogP) is 4.88. The molecule has 1 N–H and O–H groups in total. The fourth-order valence-electron chi connectivity index (χ4n) is 3.49. The van der Waals surface area contributed by atoms with Crippen molar-refractivity contribution in [2.24, 2.45) is 5.10 Å². The summed E-state index contributed by atoms with van der Waals surface area (Å²) < 4.78 is 15.3. The van der Waals surface area contributed by atoms with E-state index in [2.05, 4.69) is 15.3 Å². The Kier molecular flexibility index (Phi) is 7.77. The Balaban J connectivity index is 1.57. The highest BCUT2D eigenvalue weighted by molar-refractivity contribution is 6.32. The lowest BCUT2D eigenvalue weighted by Gasteiger charge is -2.12. The molecule has 4 rings (SSSR count). The third kappa shape index (κ3) is 5.61. The molecule has 0 bridgehead atoms. The van der Waals surface area contributed by atoms with Crippen molar-refractivity contribution in [3.8, 4) is 22.8 Å². The Morgan fingerprint density at radius 2 is 1.78 bits per heavy atom. The molecule has 36 heavy (non-hydrogen) atoms. The van der Waals surface area contributed by atoms with Crippen LogP contribution >= 0.6 is 11.6 Å². The van der Waals surface area contributed by atoms with Crippen molar-refractivity contribution in [1.82, 2.24) is 10.4 Å². The Morgan fingerprint density at radius 1 is 1.03 bits per heavy atom. The van der Waals surface area contributed by atoms with E-state index in [1.54, 1.807) is 18.2 Å². The second-order valence-corrected chi connectivity index (χ2v) is 7.94. The van der Waals surface area contributed by atoms with Gasteiger partial charge in [0.15, 0.2) is 18.1 Å². The van der Waals surface area contributed by atoms with E-state index in [1.165, 1.54) is 20.4 Å². The van der Waals surface area contributed by atoms with E-state index in [4.69, 9.17) is 26.1 Å². The zero-order valence-corrected chi connectivity index (χ0v) is 20.3. The number of rotatable bonds is 8. The van der Waals surface area contributed by atoms with Crippen LogP contribution in [-0.2, 0) is 9.53 Å². The zero-order valence-electron chi connectivity index (χ0n) is 19.5. The van der Waals surface area contributed by atoms with Gasteiger partial charge in [0.2, 0.25) is 0 Å². The number of benzene rings is 3. The van der Waals surface area contributed by atoms with E-state index >= 15 is 0 Å². The normalized spacial score (nSPS) is 10.9. The maximum Gasteiger partial charge on any atom is 0.343 e. The number of carbonyl (C=O) groups is 2. The van der Waals surface area contributed by atoms with Crippen LogP contribution in [0, 0.1) is 0 Å². The standard InChI is InChI=1S/C27H22ClN3O5/c1-34-24-13-17(12-21(28)26(24)36-16-25(32)35-2)15-29-31-27(33)20-14-23(18-8-4-3-5-9-18)30-22-11-7-6-10-19(20)22/h3-15H,16H2,1-2H3,(H,31,33)/b29-15+. The third-order valence-corrected chi connectivity index (χ3v) is 5.50. The van der Waals surface area contributed by atoms with Crippen LogP contribution < -0.4 is 14.9 Å². The van der Waals surface area contributed by atoms with Crippen molar-refractivity contribution in [3.05, 3.63) is 88.9 Å². The number of hydrazone groups is 1. The molecular formula is C27H22ClN3O5. The first-order chi connectivity index (χ1) is 17.5. The number of fused-ring (bicyclic) bond motifs is 1. The van der Waals surface area contributed by atoms with E-state index in [0.717, 1.165) is 5.56 Å². The second kappa shape index (κ2) is 11.3. The number of methoxy groups -OCH3 is 2. The lowest BCUT2D eigenvalue weighted by molar-refractivity contribution is -0.142. The zero-order chi connectivity index (χ0) is 25.5. The van der Waals surface area contributed by atoms with Crippen LogP contribution in [0.15, 0.2) is 77.9 Å². The van der Waals surface area contributed by atoms with Gasteiger partial charge in [0.05, 0.1) is 42.2 Å². The highest BCUT2D eigenvalue weighted by atomic mass is 35.5. The first-order valence-electron chi connectivity index (χ1n) is 10.9. The maximum absolute atomic E-state index is 13.1. The SMILES string of the molecule is COC(=O)COc1c(Cl)cc(/C=N/NC(=O)c2cc(-c3ccccc3)nc3ccccc23)cc1OC. The monoisotopic (exact) mass is 503 g/mol. The molecule has 8 nitrogen and oxygen atoms in total. The highest BCUT2D eigenvalue weighted by Gasteiger charge is 2.15. The minimum atomic E-state index is -0.555. The Labute approximate surface area is 212 Å². The topological polar surface area (TPSA) is 99.1 Å². The van der Waals surface area contributed by atoms with Gasteiger partial charge in [0.25, 0.3) is 5.91 Å². The average molecular weight is 504 g/mol. The number of halogens is 1. The molecule has 0 unspecified atom stereocenters. The molecule has 0 aliphatic heterocycles. The van der Waals surface area contributed by atoms with Gasteiger partial charge in [-0.05, 0) is 29.8 Å². The van der Waals surface area contributed by atoms with Crippen LogP contribution in [0.1, 0.15) is 15.9 Å². The van der Waals surface area contributed by atoms with Gasteiger partial charge in [-0.3, -0.25) is 4.79 Å². The fourth-order valence-corrected chi connectivity index (χ4v) is 3.76. The summed E-state index contributed by atoms with van der Waals surface area (Å²) in [5.74, 6) is -0.451. The maximum atomic E-state index is 13.1. The van der Waals surface area contributed by atoms with Crippen molar-refractivity contribution in [2.45, 2.75) is 0 Å². The van der Waals surface area contributed by atoms with Crippen molar-refractivity contribution < 1.29 is 23.8 Å². The van der Waals surface area contributed by atoms with E-state index in [9.17, 15) is 9.59 Å². The molecule has 0 saturated heterocycles. The molecule has 0 fully saturated rings. The van der Waals surface area contributed by atoms with E-state index in [-0.39, 0.29) is 17.4 Å². The van der Waals surface area contributed by atoms with Gasteiger partial charge in [-0.1, -0.05) is 60.1 Å². The molecule has 1 aromatic heterocycles. The van der Waals surface area contributed by atoms with Crippen LogP contribution in [0.3, 0.4) is 0 Å². The smallest absolute Gasteiger partial charge is 0.343 e. The van der Waals surface area contributed by atoms with Gasteiger partial charge in [0.1, 0.15) is 0 Å². The van der Waals surface area contributed by atoms with Crippen LogP contribution in [0.2, 0.25) is 5.02 Å². The first-order valence-corrected chi connectivity index (χ1v) is 11.2. The van der Waals surface area contributed by atoms with Crippen molar-refractivity contribution >= 4 is 40.6 Å². The molecule has 0 aliphatic rings. The number of carbonyl (C=O) groups excluding carboxylic acids is 2. The number of amides is 1. The minimum Gasteiger partial charge on any atom is -0.493 e. The summed E-state index contributed by atoms with van der Waals surface area (Å²) in [7, 11) is 2.70. The van der Waals surface area contributed by atoms with Gasteiger partial charge in [-0.15, -0.1) is 0 Å². The van der Waals surface area contributed by atoms with Crippen molar-refractivity contribution in [3.63, 3.8) is 0 Å². The van der Waals surface area contributed by atoms with Gasteiger partial charge in [-0.25, -0.2) is 15.2 Å². The summed E-state index contributed by atoms with van der Waals surface area (Å²) in [6, 6.07) is 22.0. The summed E-state index contributed by atoms with van der Waals surface area (Å²) in [4.78, 5) is 29.2. The molecule has 1 heterocycles. The first kappa shape index (κ1) is 24.7. The molecule has 9 heteroatoms. The van der Waals surface area contributed by atoms with Gasteiger partial charge in [0, 0.05) is 10.9 Å². The molecule has 4 aromatic rings. The molecule has 0 saturated carbocycles. The Bertz CT molecular complexity index is 1440. The minimum absolute atomic E-state index is 0.197. The molecule has 0 spiro atoms. The predicted molar refractivity (Wildman–Crippen MR) is 138 cm³/mol. The van der Waals surface area contributed by atoms with Gasteiger partial charge < -0.3 is 14.2 Å². The largest absolute Gasteiger partial charge is 0.493 e. The van der Waals surface area contributed by atoms with Crippen LogP contribution in [0.4, 0.5) is 0 Å². The number of hydrogen-bond acceptors (Lipinski definition) is 7. The fraction of sp³-hybridized carbons (Fsp3) is 0.111. The number of nitrogens with one attached hydrogen (secondary N) is 1. The van der Waals surface area contributed by atoms with Gasteiger partial charge in [-0.2, -0.15) is 5.10 Å². The summed E-state index contributed by atoms with van der Waals surface area (Å²) >= 11 is 6.31. The quantitative estimate of drug-likeness (QED) is 0.209. The lowest BCUT2D eigenvalue weighted by atomic mass is 10.0. The number of ether oxygens (including phenoxy) is 3. The molecule has 0 radical (unpaired) electrons. The number of esters is 1. The van der Waals surface area contributed by atoms with Crippen LogP contribution in [0.5, 0.6) is 11.5 Å². The van der Waals surface area contributed by atoms with Crippen molar-refractivity contribution in [2.75, 3.05) is 20.8 Å². The molecule has 182 valence electrons. The molecule has 0 atom stereocenters. The number of aromatic nitrogens is 1. The Morgan fingerprint density at radius 3 is 2.53 bits per heavy atom. The summed E-state index contributed by atoms with van der Waals surface area (Å²) in [5, 5.41) is 5.00. The summed E-state index contributed by atoms with van der Waals surface area (Å²) in [6.07, 6.45) is 1.43. The van der Waals surface area contributed by atoms with Gasteiger partial charge >= 0.3 is 5.97 Å². The summed E-state index contributed by atoms with van der Waals surface area (Å²) in [6.45, 7) is -0.319.